The number of H-pyrrole nitrogens is 1. The van der Waals surface area contributed by atoms with Gasteiger partial charge in [-0.25, -0.2) is 4.98 Å². The molecule has 0 saturated carbocycles. The molecule has 0 bridgehead atoms. The van der Waals surface area contributed by atoms with Crippen molar-refractivity contribution in [1.29, 1.82) is 0 Å². The van der Waals surface area contributed by atoms with Crippen LogP contribution in [0.3, 0.4) is 0 Å². The lowest BCUT2D eigenvalue weighted by Gasteiger charge is -2.36. The Labute approximate surface area is 160 Å². The summed E-state index contributed by atoms with van der Waals surface area (Å²) in [6, 6.07) is 10.1. The molecule has 1 N–H and O–H groups in total. The largest absolute Gasteiger partial charge is 0.369 e. The predicted octanol–water partition coefficient (Wildman–Crippen LogP) is 2.68. The van der Waals surface area contributed by atoms with E-state index in [4.69, 9.17) is 0 Å². The third-order valence-corrected chi connectivity index (χ3v) is 5.70. The van der Waals surface area contributed by atoms with E-state index >= 15 is 0 Å². The Hall–Kier alpha value is -1.06. The van der Waals surface area contributed by atoms with Crippen molar-refractivity contribution in [3.8, 4) is 0 Å². The van der Waals surface area contributed by atoms with E-state index < -0.39 is 0 Å². The van der Waals surface area contributed by atoms with Crippen LogP contribution in [-0.2, 0) is 0 Å². The summed E-state index contributed by atoms with van der Waals surface area (Å²) in [5.74, 6) is 0.976. The maximum absolute atomic E-state index is 11.2. The summed E-state index contributed by atoms with van der Waals surface area (Å²) >= 11 is 3.99. The van der Waals surface area contributed by atoms with Gasteiger partial charge in [0.1, 0.15) is 0 Å². The van der Waals surface area contributed by atoms with E-state index in [9.17, 15) is 4.79 Å². The van der Waals surface area contributed by atoms with Crippen LogP contribution in [-0.4, -0.2) is 53.3 Å². The highest BCUT2D eigenvalue weighted by atomic mass is 127. The molecule has 0 aliphatic carbocycles. The van der Waals surface area contributed by atoms with Crippen molar-refractivity contribution in [2.24, 2.45) is 0 Å². The second-order valence-corrected chi connectivity index (χ2v) is 8.08. The average Bonchev–Trinajstić information content (AvgIpc) is 2.59. The van der Waals surface area contributed by atoms with Crippen LogP contribution in [0, 0.1) is 3.57 Å². The molecule has 0 unspecified atom stereocenters. The molecular weight excluding hydrogens is 435 g/mol. The fourth-order valence-electron chi connectivity index (χ4n) is 2.78. The van der Waals surface area contributed by atoms with Crippen LogP contribution in [0.4, 0.5) is 5.69 Å². The van der Waals surface area contributed by atoms with Gasteiger partial charge < -0.3 is 9.88 Å². The highest BCUT2D eigenvalue weighted by Crippen LogP contribution is 2.19. The van der Waals surface area contributed by atoms with Crippen LogP contribution in [0.5, 0.6) is 0 Å². The van der Waals surface area contributed by atoms with Crippen LogP contribution >= 0.6 is 34.4 Å². The molecule has 3 rings (SSSR count). The molecule has 0 amide bonds. The number of rotatable bonds is 6. The number of hydrogen-bond acceptors (Lipinski definition) is 5. The number of piperazine rings is 1. The van der Waals surface area contributed by atoms with Gasteiger partial charge in [-0.2, -0.15) is 0 Å². The highest BCUT2D eigenvalue weighted by Gasteiger charge is 2.16. The van der Waals surface area contributed by atoms with Gasteiger partial charge in [0.05, 0.1) is 0 Å². The van der Waals surface area contributed by atoms with E-state index in [1.165, 1.54) is 15.3 Å². The summed E-state index contributed by atoms with van der Waals surface area (Å²) < 4.78 is 1.29. The Kier molecular flexibility index (Phi) is 6.56. The summed E-state index contributed by atoms with van der Waals surface area (Å²) in [4.78, 5) is 23.1. The third kappa shape index (κ3) is 5.22. The van der Waals surface area contributed by atoms with Crippen LogP contribution in [0.2, 0.25) is 0 Å². The average molecular weight is 456 g/mol. The second kappa shape index (κ2) is 8.87. The first-order chi connectivity index (χ1) is 11.7. The fraction of sp³-hybridized carbons (Fsp3) is 0.412. The number of aromatic nitrogens is 2. The van der Waals surface area contributed by atoms with Gasteiger partial charge in [-0.15, -0.1) is 0 Å². The molecule has 0 spiro atoms. The minimum absolute atomic E-state index is 0.0841. The zero-order valence-corrected chi connectivity index (χ0v) is 16.4. The van der Waals surface area contributed by atoms with E-state index in [0.717, 1.165) is 44.9 Å². The molecule has 1 aromatic heterocycles. The minimum Gasteiger partial charge on any atom is -0.369 e. The minimum atomic E-state index is -0.0841. The van der Waals surface area contributed by atoms with Crippen molar-refractivity contribution in [3.63, 3.8) is 0 Å². The third-order valence-electron chi connectivity index (χ3n) is 4.05. The monoisotopic (exact) mass is 456 g/mol. The molecule has 5 nitrogen and oxygen atoms in total. The van der Waals surface area contributed by atoms with Crippen molar-refractivity contribution in [1.82, 2.24) is 14.9 Å². The molecule has 1 aliphatic heterocycles. The molecule has 0 atom stereocenters. The molecule has 1 saturated heterocycles. The van der Waals surface area contributed by atoms with E-state index in [-0.39, 0.29) is 5.56 Å². The van der Waals surface area contributed by atoms with Gasteiger partial charge in [0.15, 0.2) is 5.16 Å². The first-order valence-electron chi connectivity index (χ1n) is 8.12. The normalized spacial score (nSPS) is 15.6. The number of benzene rings is 1. The zero-order valence-electron chi connectivity index (χ0n) is 13.4. The number of thioether (sulfide) groups is 1. The van der Waals surface area contributed by atoms with Crippen molar-refractivity contribution in [2.75, 3.05) is 43.4 Å². The van der Waals surface area contributed by atoms with Crippen LogP contribution in [0.1, 0.15) is 6.42 Å². The quantitative estimate of drug-likeness (QED) is 0.314. The van der Waals surface area contributed by atoms with Gasteiger partial charge in [-0.3, -0.25) is 9.69 Å². The molecule has 1 aliphatic rings. The molecule has 24 heavy (non-hydrogen) atoms. The highest BCUT2D eigenvalue weighted by molar-refractivity contribution is 14.1. The standard InChI is InChI=1S/C17H21IN4OS/c18-14-3-1-4-15(13-14)22-10-8-21(9-11-22)7-2-12-24-17-19-6-5-16(23)20-17/h1,3-6,13H,2,7-12H2,(H,19,20,23). The lowest BCUT2D eigenvalue weighted by Crippen LogP contribution is -2.46. The molecule has 2 heterocycles. The molecule has 1 aromatic carbocycles. The topological polar surface area (TPSA) is 52.2 Å². The van der Waals surface area contributed by atoms with Gasteiger partial charge in [-0.05, 0) is 53.8 Å². The van der Waals surface area contributed by atoms with Crippen LogP contribution < -0.4 is 10.5 Å². The maximum Gasteiger partial charge on any atom is 0.251 e. The summed E-state index contributed by atoms with van der Waals surface area (Å²) in [6.45, 7) is 5.49. The number of hydrogen-bond donors (Lipinski definition) is 1. The van der Waals surface area contributed by atoms with Crippen LogP contribution in [0.25, 0.3) is 0 Å². The first-order valence-corrected chi connectivity index (χ1v) is 10.2. The SMILES string of the molecule is O=c1ccnc(SCCCN2CCN(c3cccc(I)c3)CC2)[nH]1. The van der Waals surface area contributed by atoms with Crippen LogP contribution in [0.15, 0.2) is 46.5 Å². The van der Waals surface area contributed by atoms with Crippen molar-refractivity contribution >= 4 is 40.0 Å². The smallest absolute Gasteiger partial charge is 0.251 e. The number of nitrogens with one attached hydrogen (secondary N) is 1. The summed E-state index contributed by atoms with van der Waals surface area (Å²) in [7, 11) is 0. The van der Waals surface area contributed by atoms with E-state index in [1.807, 2.05) is 0 Å². The Balaban J connectivity index is 1.37. The molecule has 1 fully saturated rings. The van der Waals surface area contributed by atoms with Crippen molar-refractivity contribution in [2.45, 2.75) is 11.6 Å². The summed E-state index contributed by atoms with van der Waals surface area (Å²) in [5, 5.41) is 0.714. The Bertz CT molecular complexity index is 715. The molecular formula is C17H21IN4OS. The van der Waals surface area contributed by atoms with E-state index in [2.05, 4.69) is 66.6 Å². The van der Waals surface area contributed by atoms with Gasteiger partial charge in [0.25, 0.3) is 5.56 Å². The van der Waals surface area contributed by atoms with Gasteiger partial charge in [-0.1, -0.05) is 17.8 Å². The molecule has 7 heteroatoms. The number of halogens is 1. The summed E-state index contributed by atoms with van der Waals surface area (Å²) in [6.07, 6.45) is 2.66. The Morgan fingerprint density at radius 3 is 2.79 bits per heavy atom. The molecule has 0 radical (unpaired) electrons. The summed E-state index contributed by atoms with van der Waals surface area (Å²) in [5.41, 5.74) is 1.25. The maximum atomic E-state index is 11.2. The van der Waals surface area contributed by atoms with Gasteiger partial charge in [0.2, 0.25) is 0 Å². The molecule has 128 valence electrons. The van der Waals surface area contributed by atoms with E-state index in [1.54, 1.807) is 18.0 Å². The fourth-order valence-corrected chi connectivity index (χ4v) is 4.09. The lowest BCUT2D eigenvalue weighted by molar-refractivity contribution is 0.259. The van der Waals surface area contributed by atoms with Gasteiger partial charge >= 0.3 is 0 Å². The number of nitrogens with zero attached hydrogens (tertiary/aromatic N) is 3. The Morgan fingerprint density at radius 2 is 2.04 bits per heavy atom. The van der Waals surface area contributed by atoms with E-state index in [0.29, 0.717) is 5.16 Å². The zero-order chi connectivity index (χ0) is 16.8. The lowest BCUT2D eigenvalue weighted by atomic mass is 10.2. The molecule has 2 aromatic rings. The first kappa shape index (κ1) is 17.8. The second-order valence-electron chi connectivity index (χ2n) is 5.75. The Morgan fingerprint density at radius 1 is 1.21 bits per heavy atom. The van der Waals surface area contributed by atoms with Gasteiger partial charge in [0, 0.05) is 53.5 Å². The predicted molar refractivity (Wildman–Crippen MR) is 108 cm³/mol. The number of aromatic amines is 1. The number of anilines is 1. The van der Waals surface area contributed by atoms with Crippen molar-refractivity contribution in [3.05, 3.63) is 50.5 Å². The van der Waals surface area contributed by atoms with Crippen molar-refractivity contribution < 1.29 is 0 Å².